The minimum Gasteiger partial charge on any atom is -0.309 e. The second kappa shape index (κ2) is 7.44. The van der Waals surface area contributed by atoms with E-state index in [0.717, 1.165) is 0 Å². The van der Waals surface area contributed by atoms with Crippen LogP contribution in [0.15, 0.2) is 127 Å². The molecule has 0 radical (unpaired) electrons. The van der Waals surface area contributed by atoms with Crippen molar-refractivity contribution in [3.63, 3.8) is 0 Å². The minimum atomic E-state index is 1.20. The van der Waals surface area contributed by atoms with Crippen molar-refractivity contribution >= 4 is 85.6 Å². The van der Waals surface area contributed by atoms with E-state index in [-0.39, 0.29) is 0 Å². The van der Waals surface area contributed by atoms with Gasteiger partial charge in [-0.1, -0.05) is 103 Å². The molecule has 9 aromatic rings. The number of rotatable bonds is 1. The average molecular weight is 500 g/mol. The molecular formula is C36H21NS. The minimum absolute atomic E-state index is 1.20. The van der Waals surface area contributed by atoms with Crippen LogP contribution in [0.25, 0.3) is 80.0 Å². The van der Waals surface area contributed by atoms with E-state index in [2.05, 4.69) is 132 Å². The largest absolute Gasteiger partial charge is 0.309 e. The average Bonchev–Trinajstić information content (AvgIpc) is 3.53. The lowest BCUT2D eigenvalue weighted by atomic mass is 9.95. The molecule has 0 aliphatic heterocycles. The third-order valence-electron chi connectivity index (χ3n) is 8.13. The molecule has 1 nitrogen and oxygen atoms in total. The van der Waals surface area contributed by atoms with E-state index >= 15 is 0 Å². The lowest BCUT2D eigenvalue weighted by Gasteiger charge is -2.13. The first-order valence-electron chi connectivity index (χ1n) is 13.0. The Hall–Kier alpha value is -4.66. The highest BCUT2D eigenvalue weighted by molar-refractivity contribution is 7.26. The Morgan fingerprint density at radius 3 is 2.03 bits per heavy atom. The third-order valence-corrected chi connectivity index (χ3v) is 9.34. The Balaban J connectivity index is 1.56. The van der Waals surface area contributed by atoms with Crippen molar-refractivity contribution in [2.24, 2.45) is 0 Å². The van der Waals surface area contributed by atoms with Crippen LogP contribution in [0.4, 0.5) is 0 Å². The van der Waals surface area contributed by atoms with Gasteiger partial charge in [-0.3, -0.25) is 0 Å². The van der Waals surface area contributed by atoms with Gasteiger partial charge in [-0.05, 0) is 45.8 Å². The molecule has 0 saturated heterocycles. The molecule has 176 valence electrons. The molecule has 0 aliphatic rings. The van der Waals surface area contributed by atoms with Crippen LogP contribution in [0.1, 0.15) is 0 Å². The molecule has 0 aliphatic carbocycles. The van der Waals surface area contributed by atoms with Crippen molar-refractivity contribution in [3.05, 3.63) is 127 Å². The van der Waals surface area contributed by atoms with Gasteiger partial charge in [-0.25, -0.2) is 0 Å². The van der Waals surface area contributed by atoms with E-state index in [4.69, 9.17) is 0 Å². The SMILES string of the molecule is c1ccc2cc(-n3c4ccccc4c4c5ccc6c7ccccc7sc6c5c5ccccc5c43)ccc2c1. The molecule has 0 N–H and O–H groups in total. The van der Waals surface area contributed by atoms with Crippen LogP contribution >= 0.6 is 11.3 Å². The second-order valence-corrected chi connectivity index (χ2v) is 11.2. The first-order chi connectivity index (χ1) is 18.9. The molecule has 2 aromatic heterocycles. The zero-order chi connectivity index (χ0) is 24.8. The smallest absolute Gasteiger partial charge is 0.0625 e. The van der Waals surface area contributed by atoms with Crippen LogP contribution in [-0.2, 0) is 0 Å². The van der Waals surface area contributed by atoms with Gasteiger partial charge in [0.05, 0.1) is 11.0 Å². The third kappa shape index (κ3) is 2.60. The summed E-state index contributed by atoms with van der Waals surface area (Å²) in [6.07, 6.45) is 0. The summed E-state index contributed by atoms with van der Waals surface area (Å²) in [7, 11) is 0. The number of benzene rings is 7. The molecule has 2 heterocycles. The molecule has 0 spiro atoms. The standard InChI is InChI=1S/C36H21NS/c1-2-10-23-21-24(18-17-22(23)9-1)37-31-15-7-5-14-29(31)33-30-20-19-28-25-11-6-8-16-32(25)38-36(28)34(30)26-12-3-4-13-27(26)35(33)37/h1-21H. The van der Waals surface area contributed by atoms with Crippen molar-refractivity contribution in [1.29, 1.82) is 0 Å². The van der Waals surface area contributed by atoms with E-state index < -0.39 is 0 Å². The zero-order valence-electron chi connectivity index (χ0n) is 20.5. The summed E-state index contributed by atoms with van der Waals surface area (Å²) in [6, 6.07) is 46.8. The van der Waals surface area contributed by atoms with Crippen molar-refractivity contribution in [2.75, 3.05) is 0 Å². The van der Waals surface area contributed by atoms with Crippen molar-refractivity contribution in [1.82, 2.24) is 4.57 Å². The Kier molecular flexibility index (Phi) is 3.99. The van der Waals surface area contributed by atoms with Crippen LogP contribution in [0, 0.1) is 0 Å². The van der Waals surface area contributed by atoms with Crippen LogP contribution in [0.2, 0.25) is 0 Å². The molecule has 0 fully saturated rings. The molecule has 9 rings (SSSR count). The Morgan fingerprint density at radius 1 is 0.447 bits per heavy atom. The number of fused-ring (bicyclic) bond motifs is 13. The van der Waals surface area contributed by atoms with Gasteiger partial charge in [0, 0.05) is 47.4 Å². The van der Waals surface area contributed by atoms with Gasteiger partial charge in [-0.2, -0.15) is 0 Å². The number of aromatic nitrogens is 1. The van der Waals surface area contributed by atoms with Gasteiger partial charge < -0.3 is 4.57 Å². The Labute approximate surface area is 222 Å². The summed E-state index contributed by atoms with van der Waals surface area (Å²) in [5.41, 5.74) is 3.72. The number of thiophene rings is 1. The molecule has 0 unspecified atom stereocenters. The van der Waals surface area contributed by atoms with Crippen LogP contribution < -0.4 is 0 Å². The molecule has 7 aromatic carbocycles. The highest BCUT2D eigenvalue weighted by Crippen LogP contribution is 2.47. The first kappa shape index (κ1) is 20.4. The van der Waals surface area contributed by atoms with E-state index in [1.54, 1.807) is 0 Å². The molecule has 0 atom stereocenters. The molecule has 0 bridgehead atoms. The quantitative estimate of drug-likeness (QED) is 0.198. The highest BCUT2D eigenvalue weighted by atomic mass is 32.1. The maximum absolute atomic E-state index is 2.48. The number of hydrogen-bond donors (Lipinski definition) is 0. The molecule has 0 amide bonds. The van der Waals surface area contributed by atoms with Gasteiger partial charge in [0.2, 0.25) is 0 Å². The van der Waals surface area contributed by atoms with Gasteiger partial charge in [0.1, 0.15) is 0 Å². The summed E-state index contributed by atoms with van der Waals surface area (Å²) in [6.45, 7) is 0. The zero-order valence-corrected chi connectivity index (χ0v) is 21.3. The van der Waals surface area contributed by atoms with Crippen LogP contribution in [-0.4, -0.2) is 4.57 Å². The first-order valence-corrected chi connectivity index (χ1v) is 13.9. The summed E-state index contributed by atoms with van der Waals surface area (Å²) < 4.78 is 5.20. The second-order valence-electron chi connectivity index (χ2n) is 10.1. The molecule has 0 saturated carbocycles. The predicted octanol–water partition coefficient (Wildman–Crippen LogP) is 10.6. The lowest BCUT2D eigenvalue weighted by molar-refractivity contribution is 1.19. The van der Waals surface area contributed by atoms with Crippen molar-refractivity contribution in [2.45, 2.75) is 0 Å². The van der Waals surface area contributed by atoms with Crippen LogP contribution in [0.5, 0.6) is 0 Å². The fourth-order valence-electron chi connectivity index (χ4n) is 6.52. The number of nitrogens with zero attached hydrogens (tertiary/aromatic N) is 1. The highest BCUT2D eigenvalue weighted by Gasteiger charge is 2.21. The van der Waals surface area contributed by atoms with Gasteiger partial charge in [-0.15, -0.1) is 11.3 Å². The summed E-state index contributed by atoms with van der Waals surface area (Å²) >= 11 is 1.92. The molecule has 2 heteroatoms. The van der Waals surface area contributed by atoms with E-state index in [0.29, 0.717) is 0 Å². The van der Waals surface area contributed by atoms with Crippen molar-refractivity contribution in [3.8, 4) is 5.69 Å². The van der Waals surface area contributed by atoms with Gasteiger partial charge in [0.15, 0.2) is 0 Å². The molecule has 38 heavy (non-hydrogen) atoms. The number of para-hydroxylation sites is 1. The monoisotopic (exact) mass is 499 g/mol. The van der Waals surface area contributed by atoms with Gasteiger partial charge >= 0.3 is 0 Å². The van der Waals surface area contributed by atoms with E-state index in [1.807, 2.05) is 11.3 Å². The Bertz CT molecular complexity index is 2400. The Morgan fingerprint density at radius 2 is 1.13 bits per heavy atom. The van der Waals surface area contributed by atoms with E-state index in [1.165, 1.54) is 80.0 Å². The van der Waals surface area contributed by atoms with E-state index in [9.17, 15) is 0 Å². The number of hydrogen-bond acceptors (Lipinski definition) is 1. The normalized spacial score (nSPS) is 12.2. The molecular weight excluding hydrogens is 478 g/mol. The van der Waals surface area contributed by atoms with Crippen molar-refractivity contribution < 1.29 is 0 Å². The fourth-order valence-corrected chi connectivity index (χ4v) is 7.79. The predicted molar refractivity (Wildman–Crippen MR) is 166 cm³/mol. The lowest BCUT2D eigenvalue weighted by Crippen LogP contribution is -1.95. The van der Waals surface area contributed by atoms with Gasteiger partial charge in [0.25, 0.3) is 0 Å². The summed E-state index contributed by atoms with van der Waals surface area (Å²) in [5.74, 6) is 0. The summed E-state index contributed by atoms with van der Waals surface area (Å²) in [5, 5.41) is 13.2. The fraction of sp³-hybridized carbons (Fsp3) is 0. The topological polar surface area (TPSA) is 4.93 Å². The maximum atomic E-state index is 2.48. The maximum Gasteiger partial charge on any atom is 0.0625 e. The van der Waals surface area contributed by atoms with Crippen LogP contribution in [0.3, 0.4) is 0 Å². The summed E-state index contributed by atoms with van der Waals surface area (Å²) in [4.78, 5) is 0.